The molecule has 0 bridgehead atoms. The molecule has 1 atom stereocenters. The third-order valence-electron chi connectivity index (χ3n) is 3.53. The van der Waals surface area contributed by atoms with Crippen molar-refractivity contribution in [2.45, 2.75) is 20.0 Å². The minimum absolute atomic E-state index is 0.240. The van der Waals surface area contributed by atoms with Crippen molar-refractivity contribution in [1.82, 2.24) is 4.90 Å². The predicted octanol–water partition coefficient (Wildman–Crippen LogP) is 2.02. The molecule has 1 fully saturated rings. The first-order chi connectivity index (χ1) is 9.63. The number of aliphatic hydroxyl groups is 1. The van der Waals surface area contributed by atoms with Gasteiger partial charge in [0.1, 0.15) is 0 Å². The topological polar surface area (TPSA) is 53.0 Å². The average Bonchev–Trinajstić information content (AvgIpc) is 2.47. The zero-order valence-electron chi connectivity index (χ0n) is 12.1. The lowest BCUT2D eigenvalue weighted by Crippen LogP contribution is -2.49. The van der Waals surface area contributed by atoms with Crippen molar-refractivity contribution < 1.29 is 14.6 Å². The Hall–Kier alpha value is -1.75. The molecule has 1 aliphatic heterocycles. The van der Waals surface area contributed by atoms with Gasteiger partial charge in [-0.2, -0.15) is 0 Å². The molecule has 0 spiro atoms. The van der Waals surface area contributed by atoms with E-state index in [4.69, 9.17) is 4.74 Å². The van der Waals surface area contributed by atoms with Crippen LogP contribution >= 0.6 is 0 Å². The monoisotopic (exact) mass is 278 g/mol. The molecule has 1 amide bonds. The van der Waals surface area contributed by atoms with Crippen LogP contribution in [0.15, 0.2) is 24.3 Å². The van der Waals surface area contributed by atoms with E-state index in [-0.39, 0.29) is 6.09 Å². The Labute approximate surface area is 119 Å². The molecule has 1 aromatic rings. The standard InChI is InChI=1S/C15H22N2O3/c1-3-20-15(19)17-10-8-16(9-11-17)14-7-5-4-6-13(14)12(2)18/h4-7,12,18H,3,8-11H2,1-2H3/t12-/m0/s1. The molecule has 2 rings (SSSR count). The number of nitrogens with zero attached hydrogens (tertiary/aromatic N) is 2. The van der Waals surface area contributed by atoms with Crippen molar-refractivity contribution in [2.75, 3.05) is 37.7 Å². The Balaban J connectivity index is 2.02. The molecule has 0 unspecified atom stereocenters. The Morgan fingerprint density at radius 1 is 1.30 bits per heavy atom. The van der Waals surface area contributed by atoms with Crippen molar-refractivity contribution in [3.63, 3.8) is 0 Å². The second-order valence-electron chi connectivity index (χ2n) is 4.91. The van der Waals surface area contributed by atoms with Gasteiger partial charge in [0.05, 0.1) is 12.7 Å². The van der Waals surface area contributed by atoms with Gasteiger partial charge in [-0.1, -0.05) is 18.2 Å². The van der Waals surface area contributed by atoms with E-state index < -0.39 is 6.10 Å². The van der Waals surface area contributed by atoms with Gasteiger partial charge in [0.2, 0.25) is 0 Å². The van der Waals surface area contributed by atoms with E-state index in [2.05, 4.69) is 4.90 Å². The number of anilines is 1. The third kappa shape index (κ3) is 3.22. The summed E-state index contributed by atoms with van der Waals surface area (Å²) in [5.41, 5.74) is 1.98. The van der Waals surface area contributed by atoms with Crippen LogP contribution in [0.25, 0.3) is 0 Å². The maximum atomic E-state index is 11.7. The molecule has 1 N–H and O–H groups in total. The number of carbonyl (C=O) groups is 1. The van der Waals surface area contributed by atoms with Crippen LogP contribution in [-0.2, 0) is 4.74 Å². The number of benzene rings is 1. The summed E-state index contributed by atoms with van der Waals surface area (Å²) in [6.07, 6.45) is -0.731. The molecular weight excluding hydrogens is 256 g/mol. The molecule has 0 saturated carbocycles. The quantitative estimate of drug-likeness (QED) is 0.919. The van der Waals surface area contributed by atoms with Gasteiger partial charge in [0, 0.05) is 37.4 Å². The van der Waals surface area contributed by atoms with Gasteiger partial charge in [-0.3, -0.25) is 0 Å². The zero-order valence-corrected chi connectivity index (χ0v) is 12.1. The maximum absolute atomic E-state index is 11.7. The molecule has 1 heterocycles. The van der Waals surface area contributed by atoms with E-state index in [0.29, 0.717) is 19.7 Å². The van der Waals surface area contributed by atoms with Crippen molar-refractivity contribution >= 4 is 11.8 Å². The highest BCUT2D eigenvalue weighted by Gasteiger charge is 2.23. The van der Waals surface area contributed by atoms with Crippen molar-refractivity contribution in [1.29, 1.82) is 0 Å². The van der Waals surface area contributed by atoms with E-state index in [1.807, 2.05) is 31.2 Å². The lowest BCUT2D eigenvalue weighted by Gasteiger charge is -2.36. The first kappa shape index (κ1) is 14.7. The lowest BCUT2D eigenvalue weighted by atomic mass is 10.1. The van der Waals surface area contributed by atoms with Gasteiger partial charge >= 0.3 is 6.09 Å². The summed E-state index contributed by atoms with van der Waals surface area (Å²) < 4.78 is 5.01. The Morgan fingerprint density at radius 3 is 2.55 bits per heavy atom. The van der Waals surface area contributed by atoms with E-state index in [1.165, 1.54) is 0 Å². The van der Waals surface area contributed by atoms with Crippen molar-refractivity contribution in [3.05, 3.63) is 29.8 Å². The van der Waals surface area contributed by atoms with Crippen LogP contribution < -0.4 is 4.90 Å². The minimum Gasteiger partial charge on any atom is -0.450 e. The fourth-order valence-electron chi connectivity index (χ4n) is 2.47. The van der Waals surface area contributed by atoms with Gasteiger partial charge in [-0.05, 0) is 19.9 Å². The summed E-state index contributed by atoms with van der Waals surface area (Å²) in [4.78, 5) is 15.6. The van der Waals surface area contributed by atoms with Gasteiger partial charge < -0.3 is 19.6 Å². The zero-order chi connectivity index (χ0) is 14.5. The second kappa shape index (κ2) is 6.61. The van der Waals surface area contributed by atoms with Gasteiger partial charge in [0.25, 0.3) is 0 Å². The molecule has 0 radical (unpaired) electrons. The number of amides is 1. The van der Waals surface area contributed by atoms with E-state index >= 15 is 0 Å². The summed E-state index contributed by atoms with van der Waals surface area (Å²) in [5.74, 6) is 0. The number of rotatable bonds is 3. The minimum atomic E-state index is -0.491. The summed E-state index contributed by atoms with van der Waals surface area (Å²) >= 11 is 0. The van der Waals surface area contributed by atoms with Crippen LogP contribution in [0.2, 0.25) is 0 Å². The third-order valence-corrected chi connectivity index (χ3v) is 3.53. The highest BCUT2D eigenvalue weighted by molar-refractivity contribution is 5.68. The highest BCUT2D eigenvalue weighted by Crippen LogP contribution is 2.26. The summed E-state index contributed by atoms with van der Waals surface area (Å²) in [7, 11) is 0. The van der Waals surface area contributed by atoms with Crippen LogP contribution in [0.1, 0.15) is 25.5 Å². The summed E-state index contributed by atoms with van der Waals surface area (Å²) in [6.45, 7) is 6.79. The molecule has 5 heteroatoms. The highest BCUT2D eigenvalue weighted by atomic mass is 16.6. The number of aliphatic hydroxyl groups excluding tert-OH is 1. The Bertz CT molecular complexity index is 454. The molecule has 1 aliphatic rings. The van der Waals surface area contributed by atoms with Gasteiger partial charge in [-0.25, -0.2) is 4.79 Å². The predicted molar refractivity (Wildman–Crippen MR) is 77.9 cm³/mol. The first-order valence-electron chi connectivity index (χ1n) is 7.07. The fraction of sp³-hybridized carbons (Fsp3) is 0.533. The number of para-hydroxylation sites is 1. The Morgan fingerprint density at radius 2 is 1.95 bits per heavy atom. The van der Waals surface area contributed by atoms with Gasteiger partial charge in [0.15, 0.2) is 0 Å². The number of hydrogen-bond acceptors (Lipinski definition) is 4. The molecule has 20 heavy (non-hydrogen) atoms. The van der Waals surface area contributed by atoms with Crippen LogP contribution in [-0.4, -0.2) is 48.9 Å². The molecule has 1 saturated heterocycles. The van der Waals surface area contributed by atoms with Crippen LogP contribution in [0.3, 0.4) is 0 Å². The maximum Gasteiger partial charge on any atom is 0.409 e. The second-order valence-corrected chi connectivity index (χ2v) is 4.91. The van der Waals surface area contributed by atoms with Crippen LogP contribution in [0.4, 0.5) is 10.5 Å². The SMILES string of the molecule is CCOC(=O)N1CCN(c2ccccc2[C@H](C)O)CC1. The van der Waals surface area contributed by atoms with Crippen molar-refractivity contribution in [2.24, 2.45) is 0 Å². The summed E-state index contributed by atoms with van der Waals surface area (Å²) in [5, 5.41) is 9.83. The van der Waals surface area contributed by atoms with E-state index in [1.54, 1.807) is 11.8 Å². The smallest absolute Gasteiger partial charge is 0.409 e. The largest absolute Gasteiger partial charge is 0.450 e. The number of hydrogen-bond donors (Lipinski definition) is 1. The number of carbonyl (C=O) groups excluding carboxylic acids is 1. The van der Waals surface area contributed by atoms with Crippen LogP contribution in [0, 0.1) is 0 Å². The average molecular weight is 278 g/mol. The lowest BCUT2D eigenvalue weighted by molar-refractivity contribution is 0.105. The molecule has 110 valence electrons. The number of piperazine rings is 1. The van der Waals surface area contributed by atoms with Crippen LogP contribution in [0.5, 0.6) is 0 Å². The summed E-state index contributed by atoms with van der Waals surface area (Å²) in [6, 6.07) is 7.86. The molecule has 1 aromatic carbocycles. The van der Waals surface area contributed by atoms with Gasteiger partial charge in [-0.15, -0.1) is 0 Å². The normalized spacial score (nSPS) is 16.9. The molecular formula is C15H22N2O3. The van der Waals surface area contributed by atoms with E-state index in [0.717, 1.165) is 24.3 Å². The first-order valence-corrected chi connectivity index (χ1v) is 7.07. The molecule has 0 aliphatic carbocycles. The van der Waals surface area contributed by atoms with Crippen molar-refractivity contribution in [3.8, 4) is 0 Å². The van der Waals surface area contributed by atoms with E-state index in [9.17, 15) is 9.90 Å². The molecule has 0 aromatic heterocycles. The fourth-order valence-corrected chi connectivity index (χ4v) is 2.47. The number of ether oxygens (including phenoxy) is 1. The molecule has 5 nitrogen and oxygen atoms in total. The Kier molecular flexibility index (Phi) is 4.84.